The number of carbonyl (C=O) groups excluding carboxylic acids is 1. The van der Waals surface area contributed by atoms with Gasteiger partial charge < -0.3 is 4.90 Å². The van der Waals surface area contributed by atoms with Crippen LogP contribution in [0.1, 0.15) is 23.8 Å². The molecule has 3 rings (SSSR count). The number of amides is 1. The monoisotopic (exact) mass is 344 g/mol. The highest BCUT2D eigenvalue weighted by Gasteiger charge is 2.29. The minimum absolute atomic E-state index is 0.0110. The Labute approximate surface area is 142 Å². The van der Waals surface area contributed by atoms with E-state index in [2.05, 4.69) is 4.98 Å². The summed E-state index contributed by atoms with van der Waals surface area (Å²) >= 11 is 0. The van der Waals surface area contributed by atoms with Crippen LogP contribution in [-0.4, -0.2) is 48.3 Å². The predicted molar refractivity (Wildman–Crippen MR) is 93.4 cm³/mol. The summed E-state index contributed by atoms with van der Waals surface area (Å²) < 4.78 is 23.7. The minimum atomic E-state index is -3.08. The predicted octanol–water partition coefficient (Wildman–Crippen LogP) is 2.40. The van der Waals surface area contributed by atoms with Crippen molar-refractivity contribution in [2.45, 2.75) is 19.4 Å². The normalized spacial score (nSPS) is 20.4. The lowest BCUT2D eigenvalue weighted by atomic mass is 10.1. The third-order valence-corrected chi connectivity index (χ3v) is 6.13. The van der Waals surface area contributed by atoms with E-state index in [1.807, 2.05) is 36.4 Å². The molecule has 1 aromatic heterocycles. The minimum Gasteiger partial charge on any atom is -0.334 e. The zero-order valence-corrected chi connectivity index (χ0v) is 14.4. The highest BCUT2D eigenvalue weighted by Crippen LogP contribution is 2.21. The van der Waals surface area contributed by atoms with Gasteiger partial charge in [0, 0.05) is 18.8 Å². The fourth-order valence-electron chi connectivity index (χ4n) is 3.02. The van der Waals surface area contributed by atoms with Gasteiger partial charge in [-0.2, -0.15) is 0 Å². The molecule has 2 heterocycles. The first-order valence-corrected chi connectivity index (χ1v) is 9.81. The molecule has 0 saturated carbocycles. The lowest BCUT2D eigenvalue weighted by Gasteiger charge is -2.26. The number of pyridine rings is 1. The number of carbonyl (C=O) groups is 1. The van der Waals surface area contributed by atoms with Crippen LogP contribution in [0.5, 0.6) is 0 Å². The van der Waals surface area contributed by atoms with Crippen LogP contribution in [0.2, 0.25) is 0 Å². The molecule has 1 aliphatic heterocycles. The molecule has 1 aromatic carbocycles. The Bertz CT molecular complexity index is 834. The summed E-state index contributed by atoms with van der Waals surface area (Å²) in [7, 11) is -3.08. The van der Waals surface area contributed by atoms with E-state index in [4.69, 9.17) is 0 Å². The van der Waals surface area contributed by atoms with E-state index in [1.165, 1.54) is 0 Å². The Morgan fingerprint density at radius 2 is 1.92 bits per heavy atom. The summed E-state index contributed by atoms with van der Waals surface area (Å²) in [6.45, 7) is 2.22. The van der Waals surface area contributed by atoms with Gasteiger partial charge in [-0.15, -0.1) is 0 Å². The molecule has 0 bridgehead atoms. The fourth-order valence-corrected chi connectivity index (χ4v) is 4.67. The lowest BCUT2D eigenvalue weighted by molar-refractivity contribution is 0.0706. The van der Waals surface area contributed by atoms with E-state index in [-0.39, 0.29) is 23.5 Å². The summed E-state index contributed by atoms with van der Waals surface area (Å²) in [6, 6.07) is 13.1. The van der Waals surface area contributed by atoms with Crippen LogP contribution < -0.4 is 0 Å². The van der Waals surface area contributed by atoms with Gasteiger partial charge in [0.2, 0.25) is 0 Å². The topological polar surface area (TPSA) is 67.3 Å². The molecule has 1 unspecified atom stereocenters. The molecule has 6 heteroatoms. The number of hydrogen-bond acceptors (Lipinski definition) is 4. The number of aromatic nitrogens is 1. The third kappa shape index (κ3) is 3.64. The van der Waals surface area contributed by atoms with Gasteiger partial charge in [0.25, 0.3) is 5.91 Å². The number of nitrogens with zero attached hydrogens (tertiary/aromatic N) is 2. The van der Waals surface area contributed by atoms with Crippen molar-refractivity contribution in [2.24, 2.45) is 0 Å². The first kappa shape index (κ1) is 16.6. The summed E-state index contributed by atoms with van der Waals surface area (Å²) in [5.41, 5.74) is 2.28. The van der Waals surface area contributed by atoms with Crippen LogP contribution in [0, 0.1) is 0 Å². The third-order valence-electron chi connectivity index (χ3n) is 4.23. The summed E-state index contributed by atoms with van der Waals surface area (Å²) in [4.78, 5) is 18.7. The molecule has 0 radical (unpaired) electrons. The summed E-state index contributed by atoms with van der Waals surface area (Å²) in [5, 5.41) is 0. The second kappa shape index (κ2) is 6.73. The van der Waals surface area contributed by atoms with Crippen molar-refractivity contribution in [3.63, 3.8) is 0 Å². The summed E-state index contributed by atoms with van der Waals surface area (Å²) in [5.74, 6) is -0.0622. The van der Waals surface area contributed by atoms with Gasteiger partial charge in [-0.05, 0) is 36.6 Å². The molecule has 0 aliphatic carbocycles. The van der Waals surface area contributed by atoms with Gasteiger partial charge in [-0.1, -0.05) is 30.3 Å². The molecule has 24 heavy (non-hydrogen) atoms. The molecular formula is C18H20N2O3S. The van der Waals surface area contributed by atoms with Crippen LogP contribution >= 0.6 is 0 Å². The smallest absolute Gasteiger partial charge is 0.272 e. The van der Waals surface area contributed by atoms with E-state index in [1.54, 1.807) is 24.1 Å². The molecule has 1 fully saturated rings. The van der Waals surface area contributed by atoms with Crippen molar-refractivity contribution in [3.05, 3.63) is 54.4 Å². The molecule has 1 aliphatic rings. The van der Waals surface area contributed by atoms with Gasteiger partial charge in [0.1, 0.15) is 5.69 Å². The lowest BCUT2D eigenvalue weighted by Crippen LogP contribution is -2.41. The Hall–Kier alpha value is -2.21. The highest BCUT2D eigenvalue weighted by molar-refractivity contribution is 7.91. The van der Waals surface area contributed by atoms with Crippen molar-refractivity contribution in [1.82, 2.24) is 9.88 Å². The molecule has 1 atom stereocenters. The molecule has 126 valence electrons. The highest BCUT2D eigenvalue weighted by atomic mass is 32.2. The SMILES string of the molecule is CC1CS(=O)(=O)CCCN1C(=O)c1cc(-c2ccccc2)ccn1. The molecule has 1 saturated heterocycles. The molecule has 5 nitrogen and oxygen atoms in total. The average Bonchev–Trinajstić information content (AvgIpc) is 2.72. The Morgan fingerprint density at radius 3 is 2.67 bits per heavy atom. The average molecular weight is 344 g/mol. The summed E-state index contributed by atoms with van der Waals surface area (Å²) in [6.07, 6.45) is 2.09. The van der Waals surface area contributed by atoms with E-state index in [0.717, 1.165) is 11.1 Å². The van der Waals surface area contributed by atoms with Crippen LogP contribution in [0.15, 0.2) is 48.7 Å². The van der Waals surface area contributed by atoms with E-state index >= 15 is 0 Å². The van der Waals surface area contributed by atoms with Gasteiger partial charge >= 0.3 is 0 Å². The van der Waals surface area contributed by atoms with E-state index in [0.29, 0.717) is 18.7 Å². The standard InChI is InChI=1S/C18H20N2O3S/c1-14-13-24(22,23)11-5-10-20(14)18(21)17-12-16(8-9-19-17)15-6-3-2-4-7-15/h2-4,6-9,12,14H,5,10-11,13H2,1H3. The number of benzene rings is 1. The van der Waals surface area contributed by atoms with Crippen molar-refractivity contribution in [3.8, 4) is 11.1 Å². The molecular weight excluding hydrogens is 324 g/mol. The zero-order valence-electron chi connectivity index (χ0n) is 13.6. The fraction of sp³-hybridized carbons (Fsp3) is 0.333. The Balaban J connectivity index is 1.87. The van der Waals surface area contributed by atoms with Gasteiger partial charge in [-0.3, -0.25) is 9.78 Å². The van der Waals surface area contributed by atoms with Crippen LogP contribution in [0.25, 0.3) is 11.1 Å². The van der Waals surface area contributed by atoms with Crippen LogP contribution in [0.3, 0.4) is 0 Å². The molecule has 1 amide bonds. The van der Waals surface area contributed by atoms with Crippen molar-refractivity contribution in [1.29, 1.82) is 0 Å². The maximum atomic E-state index is 12.8. The first-order valence-electron chi connectivity index (χ1n) is 7.99. The van der Waals surface area contributed by atoms with Gasteiger partial charge in [0.15, 0.2) is 9.84 Å². The van der Waals surface area contributed by atoms with Gasteiger partial charge in [0.05, 0.1) is 11.5 Å². The number of rotatable bonds is 2. The number of hydrogen-bond donors (Lipinski definition) is 0. The Morgan fingerprint density at radius 1 is 1.17 bits per heavy atom. The van der Waals surface area contributed by atoms with Crippen molar-refractivity contribution < 1.29 is 13.2 Å². The molecule has 0 spiro atoms. The Kier molecular flexibility index (Phi) is 4.66. The quantitative estimate of drug-likeness (QED) is 0.839. The van der Waals surface area contributed by atoms with E-state index in [9.17, 15) is 13.2 Å². The van der Waals surface area contributed by atoms with E-state index < -0.39 is 9.84 Å². The number of sulfone groups is 1. The van der Waals surface area contributed by atoms with Crippen molar-refractivity contribution >= 4 is 15.7 Å². The van der Waals surface area contributed by atoms with Crippen LogP contribution in [0.4, 0.5) is 0 Å². The largest absolute Gasteiger partial charge is 0.334 e. The van der Waals surface area contributed by atoms with Crippen LogP contribution in [-0.2, 0) is 9.84 Å². The second-order valence-corrected chi connectivity index (χ2v) is 8.34. The first-order chi connectivity index (χ1) is 11.5. The van der Waals surface area contributed by atoms with Crippen molar-refractivity contribution in [2.75, 3.05) is 18.1 Å². The maximum absolute atomic E-state index is 12.8. The maximum Gasteiger partial charge on any atom is 0.272 e. The van der Waals surface area contributed by atoms with Gasteiger partial charge in [-0.25, -0.2) is 8.42 Å². The zero-order chi connectivity index (χ0) is 17.2. The second-order valence-electron chi connectivity index (χ2n) is 6.11. The molecule has 2 aromatic rings. The molecule has 0 N–H and O–H groups in total.